The molecule has 0 saturated carbocycles. The van der Waals surface area contributed by atoms with E-state index >= 15 is 0 Å². The van der Waals surface area contributed by atoms with Crippen LogP contribution in [0.15, 0.2) is 54.9 Å². The smallest absolute Gasteiger partial charge is 0.0647 e. The number of hydrogen-bond acceptors (Lipinski definition) is 3. The number of nitrogens with zero attached hydrogens (tertiary/aromatic N) is 1. The lowest BCUT2D eigenvalue weighted by Crippen LogP contribution is -1.99. The van der Waals surface area contributed by atoms with Gasteiger partial charge >= 0.3 is 0 Å². The summed E-state index contributed by atoms with van der Waals surface area (Å²) in [5, 5.41) is 5.67. The molecule has 0 saturated heterocycles. The first kappa shape index (κ1) is 11.5. The van der Waals surface area contributed by atoms with Crippen molar-refractivity contribution in [1.82, 2.24) is 4.98 Å². The lowest BCUT2D eigenvalue weighted by molar-refractivity contribution is 1.36. The number of nitrogens with one attached hydrogen (secondary N) is 1. The third-order valence-corrected chi connectivity index (χ3v) is 3.25. The normalized spacial score (nSPS) is 10.6. The van der Waals surface area contributed by atoms with Crippen LogP contribution in [0.2, 0.25) is 0 Å². The fourth-order valence-corrected chi connectivity index (χ4v) is 2.22. The van der Waals surface area contributed by atoms with Crippen LogP contribution in [-0.2, 0) is 0 Å². The summed E-state index contributed by atoms with van der Waals surface area (Å²) < 4.78 is 0. The Morgan fingerprint density at radius 2 is 1.89 bits per heavy atom. The third-order valence-electron chi connectivity index (χ3n) is 3.25. The summed E-state index contributed by atoms with van der Waals surface area (Å²) in [5.41, 5.74) is 9.89. The monoisotopic (exact) mass is 249 g/mol. The largest absolute Gasteiger partial charge is 0.397 e. The van der Waals surface area contributed by atoms with Gasteiger partial charge in [0.15, 0.2) is 0 Å². The van der Waals surface area contributed by atoms with E-state index in [0.717, 1.165) is 33.4 Å². The number of aromatic nitrogens is 1. The second kappa shape index (κ2) is 4.61. The molecule has 3 rings (SSSR count). The van der Waals surface area contributed by atoms with Gasteiger partial charge in [0, 0.05) is 23.5 Å². The lowest BCUT2D eigenvalue weighted by Gasteiger charge is -2.14. The second-order valence-electron chi connectivity index (χ2n) is 4.57. The van der Waals surface area contributed by atoms with Crippen LogP contribution in [0.25, 0.3) is 10.8 Å². The number of fused-ring (bicyclic) bond motifs is 1. The maximum Gasteiger partial charge on any atom is 0.0647 e. The predicted octanol–water partition coefficient (Wildman–Crippen LogP) is 3.87. The highest BCUT2D eigenvalue weighted by molar-refractivity contribution is 5.95. The highest BCUT2D eigenvalue weighted by Crippen LogP contribution is 2.30. The summed E-state index contributed by atoms with van der Waals surface area (Å²) in [4.78, 5) is 4.19. The van der Waals surface area contributed by atoms with Gasteiger partial charge in [0.25, 0.3) is 0 Å². The molecule has 0 radical (unpaired) electrons. The van der Waals surface area contributed by atoms with Crippen molar-refractivity contribution in [2.75, 3.05) is 11.1 Å². The Kier molecular flexibility index (Phi) is 2.80. The van der Waals surface area contributed by atoms with Crippen molar-refractivity contribution in [3.63, 3.8) is 0 Å². The van der Waals surface area contributed by atoms with Gasteiger partial charge < -0.3 is 11.1 Å². The van der Waals surface area contributed by atoms with E-state index in [9.17, 15) is 0 Å². The summed E-state index contributed by atoms with van der Waals surface area (Å²) in [6.45, 7) is 2.04. The minimum absolute atomic E-state index is 0.751. The molecule has 2 aromatic carbocycles. The number of hydrogen-bond donors (Lipinski definition) is 2. The molecule has 0 spiro atoms. The Morgan fingerprint density at radius 1 is 1.05 bits per heavy atom. The number of para-hydroxylation sites is 1. The van der Waals surface area contributed by atoms with Crippen molar-refractivity contribution in [2.24, 2.45) is 0 Å². The maximum atomic E-state index is 6.04. The minimum Gasteiger partial charge on any atom is -0.397 e. The zero-order chi connectivity index (χ0) is 13.2. The molecule has 94 valence electrons. The summed E-state index contributed by atoms with van der Waals surface area (Å²) in [6, 6.07) is 14.0. The van der Waals surface area contributed by atoms with Crippen molar-refractivity contribution in [3.05, 3.63) is 60.4 Å². The number of nitrogens with two attached hydrogens (primary N) is 1. The molecule has 0 fully saturated rings. The number of benzene rings is 2. The first-order valence-electron chi connectivity index (χ1n) is 6.20. The highest BCUT2D eigenvalue weighted by Gasteiger charge is 2.05. The molecule has 0 amide bonds. The van der Waals surface area contributed by atoms with Gasteiger partial charge in [-0.2, -0.15) is 0 Å². The maximum absolute atomic E-state index is 6.04. The van der Waals surface area contributed by atoms with E-state index in [0.29, 0.717) is 0 Å². The first-order valence-corrected chi connectivity index (χ1v) is 6.20. The highest BCUT2D eigenvalue weighted by atomic mass is 14.9. The number of pyridine rings is 1. The molecule has 0 aliphatic carbocycles. The molecule has 3 aromatic rings. The second-order valence-corrected chi connectivity index (χ2v) is 4.57. The van der Waals surface area contributed by atoms with E-state index in [1.807, 2.05) is 49.5 Å². The predicted molar refractivity (Wildman–Crippen MR) is 80.6 cm³/mol. The zero-order valence-corrected chi connectivity index (χ0v) is 10.7. The van der Waals surface area contributed by atoms with Crippen LogP contribution in [0, 0.1) is 6.92 Å². The molecule has 3 N–H and O–H groups in total. The molecule has 1 aromatic heterocycles. The standard InChI is InChI=1S/C16H15N3/c1-11-4-2-6-14(17)16(11)19-15-7-3-5-12-8-9-18-10-13(12)15/h2-10,19H,17H2,1H3. The Bertz CT molecular complexity index is 709. The van der Waals surface area contributed by atoms with E-state index in [1.54, 1.807) is 6.20 Å². The van der Waals surface area contributed by atoms with Crippen molar-refractivity contribution in [3.8, 4) is 0 Å². The average molecular weight is 249 g/mol. The summed E-state index contributed by atoms with van der Waals surface area (Å²) in [6.07, 6.45) is 3.67. The molecule has 1 heterocycles. The van der Waals surface area contributed by atoms with E-state index < -0.39 is 0 Å². The molecule has 3 heteroatoms. The minimum atomic E-state index is 0.751. The Labute approximate surface area is 112 Å². The van der Waals surface area contributed by atoms with Gasteiger partial charge in [-0.05, 0) is 36.1 Å². The molecule has 0 aliphatic heterocycles. The quantitative estimate of drug-likeness (QED) is 0.678. The van der Waals surface area contributed by atoms with Gasteiger partial charge in [-0.15, -0.1) is 0 Å². The lowest BCUT2D eigenvalue weighted by atomic mass is 10.1. The van der Waals surface area contributed by atoms with Gasteiger partial charge in [-0.25, -0.2) is 0 Å². The fraction of sp³-hybridized carbons (Fsp3) is 0.0625. The Balaban J connectivity index is 2.11. The number of aryl methyl sites for hydroxylation is 1. The van der Waals surface area contributed by atoms with Crippen molar-refractivity contribution >= 4 is 27.8 Å². The number of rotatable bonds is 2. The van der Waals surface area contributed by atoms with Crippen LogP contribution in [0.4, 0.5) is 17.1 Å². The van der Waals surface area contributed by atoms with E-state index in [2.05, 4.69) is 16.4 Å². The topological polar surface area (TPSA) is 50.9 Å². The molecule has 3 nitrogen and oxygen atoms in total. The molecule has 0 aliphatic rings. The number of anilines is 3. The SMILES string of the molecule is Cc1cccc(N)c1Nc1cccc2ccncc12. The van der Waals surface area contributed by atoms with E-state index in [4.69, 9.17) is 5.73 Å². The van der Waals surface area contributed by atoms with Crippen LogP contribution in [-0.4, -0.2) is 4.98 Å². The van der Waals surface area contributed by atoms with Crippen LogP contribution >= 0.6 is 0 Å². The van der Waals surface area contributed by atoms with Crippen LogP contribution < -0.4 is 11.1 Å². The van der Waals surface area contributed by atoms with Gasteiger partial charge in [-0.3, -0.25) is 4.98 Å². The van der Waals surface area contributed by atoms with Crippen LogP contribution in [0.3, 0.4) is 0 Å². The molecule has 19 heavy (non-hydrogen) atoms. The summed E-state index contributed by atoms with van der Waals surface area (Å²) >= 11 is 0. The Hall–Kier alpha value is -2.55. The van der Waals surface area contributed by atoms with Gasteiger partial charge in [0.2, 0.25) is 0 Å². The van der Waals surface area contributed by atoms with Crippen LogP contribution in [0.5, 0.6) is 0 Å². The first-order chi connectivity index (χ1) is 9.25. The van der Waals surface area contributed by atoms with Gasteiger partial charge in [-0.1, -0.05) is 24.3 Å². The molecule has 0 bridgehead atoms. The fourth-order valence-electron chi connectivity index (χ4n) is 2.22. The van der Waals surface area contributed by atoms with Crippen molar-refractivity contribution < 1.29 is 0 Å². The van der Waals surface area contributed by atoms with Crippen molar-refractivity contribution in [2.45, 2.75) is 6.92 Å². The van der Waals surface area contributed by atoms with E-state index in [-0.39, 0.29) is 0 Å². The summed E-state index contributed by atoms with van der Waals surface area (Å²) in [5.74, 6) is 0. The average Bonchev–Trinajstić information content (AvgIpc) is 2.43. The van der Waals surface area contributed by atoms with Crippen molar-refractivity contribution in [1.29, 1.82) is 0 Å². The zero-order valence-electron chi connectivity index (χ0n) is 10.7. The van der Waals surface area contributed by atoms with Gasteiger partial charge in [0.1, 0.15) is 0 Å². The third kappa shape index (κ3) is 2.10. The van der Waals surface area contributed by atoms with Gasteiger partial charge in [0.05, 0.1) is 11.4 Å². The molecule has 0 atom stereocenters. The number of nitrogen functional groups attached to an aromatic ring is 1. The van der Waals surface area contributed by atoms with Crippen LogP contribution in [0.1, 0.15) is 5.56 Å². The summed E-state index contributed by atoms with van der Waals surface area (Å²) in [7, 11) is 0. The molecular weight excluding hydrogens is 234 g/mol. The molecular formula is C16H15N3. The van der Waals surface area contributed by atoms with E-state index in [1.165, 1.54) is 0 Å². The molecule has 0 unspecified atom stereocenters. The Morgan fingerprint density at radius 3 is 2.74 bits per heavy atom.